The van der Waals surface area contributed by atoms with Gasteiger partial charge in [0, 0.05) is 45.0 Å². The van der Waals surface area contributed by atoms with Crippen LogP contribution in [0.25, 0.3) is 0 Å². The van der Waals surface area contributed by atoms with Crippen LogP contribution in [-0.2, 0) is 6.18 Å². The first kappa shape index (κ1) is 19.4. The van der Waals surface area contributed by atoms with Gasteiger partial charge in [-0.25, -0.2) is 9.10 Å². The molecule has 1 fully saturated rings. The number of nitrogens with one attached hydrogen (secondary N) is 1. The summed E-state index contributed by atoms with van der Waals surface area (Å²) in [4.78, 5) is 25.0. The lowest BCUT2D eigenvalue weighted by Gasteiger charge is -2.21. The number of hydrogen-bond acceptors (Lipinski definition) is 5. The van der Waals surface area contributed by atoms with Crippen LogP contribution in [0.4, 0.5) is 18.9 Å². The minimum absolute atomic E-state index is 0.102. The zero-order valence-electron chi connectivity index (χ0n) is 13.7. The number of halogens is 3. The molecule has 0 aromatic heterocycles. The predicted molar refractivity (Wildman–Crippen MR) is 88.6 cm³/mol. The molecule has 138 valence electrons. The van der Waals surface area contributed by atoms with Crippen molar-refractivity contribution in [2.24, 2.45) is 0 Å². The van der Waals surface area contributed by atoms with Crippen molar-refractivity contribution in [1.82, 2.24) is 9.03 Å². The normalized spacial score (nSPS) is 15.2. The molecule has 1 aliphatic rings. The molecule has 0 atom stereocenters. The second-order valence-corrected chi connectivity index (χ2v) is 6.67. The first-order valence-electron chi connectivity index (χ1n) is 7.49. The quantitative estimate of drug-likeness (QED) is 0.769. The molecular weight excluding hydrogens is 359 g/mol. The van der Waals surface area contributed by atoms with Gasteiger partial charge >= 0.3 is 12.1 Å². The van der Waals surface area contributed by atoms with Gasteiger partial charge in [-0.05, 0) is 25.0 Å². The summed E-state index contributed by atoms with van der Waals surface area (Å²) in [6, 6.07) is 1.47. The number of rotatable bonds is 5. The Hall–Kier alpha value is -1.94. The minimum Gasteiger partial charge on any atom is -0.478 e. The van der Waals surface area contributed by atoms with E-state index in [4.69, 9.17) is 5.11 Å². The summed E-state index contributed by atoms with van der Waals surface area (Å²) < 4.78 is 44.0. The van der Waals surface area contributed by atoms with Gasteiger partial charge in [-0.3, -0.25) is 9.52 Å². The average Bonchev–Trinajstić information content (AvgIpc) is 3.03. The van der Waals surface area contributed by atoms with Crippen molar-refractivity contribution in [3.63, 3.8) is 0 Å². The van der Waals surface area contributed by atoms with Crippen LogP contribution >= 0.6 is 12.1 Å². The van der Waals surface area contributed by atoms with E-state index in [2.05, 4.69) is 4.72 Å². The molecule has 0 bridgehead atoms. The van der Waals surface area contributed by atoms with Crippen molar-refractivity contribution in [1.29, 1.82) is 0 Å². The highest BCUT2D eigenvalue weighted by atomic mass is 32.2. The maximum Gasteiger partial charge on any atom is 0.417 e. The van der Waals surface area contributed by atoms with Gasteiger partial charge in [0.25, 0.3) is 5.91 Å². The lowest BCUT2D eigenvalue weighted by molar-refractivity contribution is -0.138. The van der Waals surface area contributed by atoms with Crippen molar-refractivity contribution in [3.8, 4) is 0 Å². The molecule has 0 saturated carbocycles. The molecule has 0 spiro atoms. The number of carboxylic acid groups (broad SMARTS) is 1. The Balaban J connectivity index is 2.40. The molecule has 1 amide bonds. The molecule has 2 rings (SSSR count). The molecule has 10 heteroatoms. The lowest BCUT2D eigenvalue weighted by Crippen LogP contribution is -2.26. The summed E-state index contributed by atoms with van der Waals surface area (Å²) >= 11 is 1.05. The van der Waals surface area contributed by atoms with E-state index in [-0.39, 0.29) is 11.3 Å². The Bertz CT molecular complexity index is 674. The number of carbonyl (C=O) groups is 2. The zero-order valence-corrected chi connectivity index (χ0v) is 14.5. The van der Waals surface area contributed by atoms with Gasteiger partial charge in [-0.15, -0.1) is 0 Å². The van der Waals surface area contributed by atoms with Crippen molar-refractivity contribution in [2.75, 3.05) is 32.1 Å². The van der Waals surface area contributed by atoms with E-state index in [1.807, 2.05) is 4.31 Å². The van der Waals surface area contributed by atoms with E-state index < -0.39 is 29.2 Å². The molecule has 0 aliphatic carbocycles. The Morgan fingerprint density at radius 3 is 2.28 bits per heavy atom. The number of amides is 1. The average molecular weight is 377 g/mol. The summed E-state index contributed by atoms with van der Waals surface area (Å²) in [5.74, 6) is -2.41. The Morgan fingerprint density at radius 2 is 1.80 bits per heavy atom. The third kappa shape index (κ3) is 4.57. The van der Waals surface area contributed by atoms with Crippen LogP contribution in [0.5, 0.6) is 0 Å². The van der Waals surface area contributed by atoms with Crippen LogP contribution in [0, 0.1) is 0 Å². The Labute approximate surface area is 147 Å². The summed E-state index contributed by atoms with van der Waals surface area (Å²) in [6.45, 7) is 1.58. The molecule has 25 heavy (non-hydrogen) atoms. The van der Waals surface area contributed by atoms with Crippen molar-refractivity contribution < 1.29 is 27.9 Å². The molecule has 0 unspecified atom stereocenters. The first-order chi connectivity index (χ1) is 11.6. The molecule has 1 aliphatic heterocycles. The second kappa shape index (κ2) is 7.52. The third-order valence-electron chi connectivity index (χ3n) is 3.73. The summed E-state index contributed by atoms with van der Waals surface area (Å²) in [7, 11) is 3.05. The van der Waals surface area contributed by atoms with Crippen molar-refractivity contribution >= 4 is 29.7 Å². The lowest BCUT2D eigenvalue weighted by atomic mass is 10.0. The SMILES string of the molecule is CN(C)c1cc(C(=O)O)c(C(F)(F)F)cc1C(=O)NSN1CCCC1. The second-order valence-electron chi connectivity index (χ2n) is 5.77. The maximum absolute atomic E-state index is 13.2. The van der Waals surface area contributed by atoms with Crippen LogP contribution in [-0.4, -0.2) is 48.5 Å². The number of nitrogens with zero attached hydrogens (tertiary/aromatic N) is 2. The number of aromatic carboxylic acids is 1. The summed E-state index contributed by atoms with van der Waals surface area (Å²) in [5.41, 5.74) is -2.36. The highest BCUT2D eigenvalue weighted by Gasteiger charge is 2.37. The van der Waals surface area contributed by atoms with E-state index in [1.165, 1.54) is 19.0 Å². The largest absolute Gasteiger partial charge is 0.478 e. The van der Waals surface area contributed by atoms with E-state index in [0.717, 1.165) is 44.1 Å². The Kier molecular flexibility index (Phi) is 5.83. The minimum atomic E-state index is -4.88. The molecule has 1 aromatic carbocycles. The van der Waals surface area contributed by atoms with E-state index in [9.17, 15) is 22.8 Å². The number of alkyl halides is 3. The standard InChI is InChI=1S/C15H18F3N3O3S/c1-20(2)12-8-9(14(23)24)11(15(16,17)18)7-10(12)13(22)19-25-21-5-3-4-6-21/h7-8H,3-6H2,1-2H3,(H,19,22)(H,23,24). The fourth-order valence-electron chi connectivity index (χ4n) is 2.49. The molecule has 2 N–H and O–H groups in total. The van der Waals surface area contributed by atoms with Crippen LogP contribution < -0.4 is 9.62 Å². The molecule has 1 heterocycles. The first-order valence-corrected chi connectivity index (χ1v) is 8.26. The van der Waals surface area contributed by atoms with Crippen molar-refractivity contribution in [3.05, 3.63) is 28.8 Å². The van der Waals surface area contributed by atoms with Gasteiger partial charge in [0.1, 0.15) is 0 Å². The van der Waals surface area contributed by atoms with Gasteiger partial charge in [-0.1, -0.05) is 0 Å². The molecule has 6 nitrogen and oxygen atoms in total. The Morgan fingerprint density at radius 1 is 1.20 bits per heavy atom. The van der Waals surface area contributed by atoms with Gasteiger partial charge < -0.3 is 10.0 Å². The van der Waals surface area contributed by atoms with Gasteiger partial charge in [-0.2, -0.15) is 13.2 Å². The topological polar surface area (TPSA) is 72.9 Å². The van der Waals surface area contributed by atoms with Gasteiger partial charge in [0.15, 0.2) is 0 Å². The molecule has 0 radical (unpaired) electrons. The third-order valence-corrected chi connectivity index (χ3v) is 4.63. The molecule has 1 saturated heterocycles. The highest BCUT2D eigenvalue weighted by molar-refractivity contribution is 7.95. The smallest absolute Gasteiger partial charge is 0.417 e. The summed E-state index contributed by atoms with van der Waals surface area (Å²) in [6.07, 6.45) is -2.88. The number of carboxylic acids is 1. The molecular formula is C15H18F3N3O3S. The highest BCUT2D eigenvalue weighted by Crippen LogP contribution is 2.36. The van der Waals surface area contributed by atoms with Crippen molar-refractivity contribution in [2.45, 2.75) is 19.0 Å². The van der Waals surface area contributed by atoms with Crippen LogP contribution in [0.1, 0.15) is 39.1 Å². The summed E-state index contributed by atoms with van der Waals surface area (Å²) in [5, 5.41) is 9.08. The van der Waals surface area contributed by atoms with Crippen LogP contribution in [0.2, 0.25) is 0 Å². The van der Waals surface area contributed by atoms with E-state index in [0.29, 0.717) is 6.07 Å². The monoisotopic (exact) mass is 377 g/mol. The number of anilines is 1. The van der Waals surface area contributed by atoms with E-state index >= 15 is 0 Å². The fraction of sp³-hybridized carbons (Fsp3) is 0.467. The zero-order chi connectivity index (χ0) is 18.8. The fourth-order valence-corrected chi connectivity index (χ4v) is 3.25. The van der Waals surface area contributed by atoms with Crippen LogP contribution in [0.3, 0.4) is 0 Å². The number of carbonyl (C=O) groups excluding carboxylic acids is 1. The maximum atomic E-state index is 13.2. The number of hydrogen-bond donors (Lipinski definition) is 2. The van der Waals surface area contributed by atoms with Crippen LogP contribution in [0.15, 0.2) is 12.1 Å². The molecule has 1 aromatic rings. The van der Waals surface area contributed by atoms with Gasteiger partial charge in [0.2, 0.25) is 0 Å². The van der Waals surface area contributed by atoms with Gasteiger partial charge in [0.05, 0.1) is 16.7 Å². The van der Waals surface area contributed by atoms with E-state index in [1.54, 1.807) is 0 Å². The predicted octanol–water partition coefficient (Wildman–Crippen LogP) is 2.86. The number of benzene rings is 1.